The van der Waals surface area contributed by atoms with Crippen LogP contribution in [0.5, 0.6) is 0 Å². The highest BCUT2D eigenvalue weighted by atomic mass is 16.3. The number of aliphatic hydroxyl groups is 1. The Kier molecular flexibility index (Phi) is 5.07. The number of pyridine rings is 2. The fourth-order valence-corrected chi connectivity index (χ4v) is 1.99. The van der Waals surface area contributed by atoms with Gasteiger partial charge in [0.05, 0.1) is 23.7 Å². The predicted molar refractivity (Wildman–Crippen MR) is 80.7 cm³/mol. The fourth-order valence-electron chi connectivity index (χ4n) is 1.99. The van der Waals surface area contributed by atoms with Crippen molar-refractivity contribution in [1.82, 2.24) is 9.97 Å². The van der Waals surface area contributed by atoms with Gasteiger partial charge in [-0.1, -0.05) is 13.0 Å². The number of rotatable bonds is 6. The average molecular weight is 271 g/mol. The molecule has 106 valence electrons. The molecule has 0 aliphatic carbocycles. The maximum absolute atomic E-state index is 9.73. The van der Waals surface area contributed by atoms with Gasteiger partial charge in [-0.2, -0.15) is 0 Å². The summed E-state index contributed by atoms with van der Waals surface area (Å²) >= 11 is 0. The van der Waals surface area contributed by atoms with Crippen molar-refractivity contribution in [2.24, 2.45) is 0 Å². The second-order valence-corrected chi connectivity index (χ2v) is 4.86. The Bertz CT molecular complexity index is 513. The molecule has 4 heteroatoms. The molecule has 0 aliphatic heterocycles. The molecule has 0 unspecified atom stereocenters. The van der Waals surface area contributed by atoms with Crippen molar-refractivity contribution in [2.75, 3.05) is 18.5 Å². The fraction of sp³-hybridized carbons (Fsp3) is 0.375. The van der Waals surface area contributed by atoms with Crippen LogP contribution in [0.3, 0.4) is 0 Å². The molecule has 2 aromatic heterocycles. The molecule has 0 bridgehead atoms. The lowest BCUT2D eigenvalue weighted by molar-refractivity contribution is 0.169. The van der Waals surface area contributed by atoms with E-state index < -0.39 is 6.10 Å². The summed E-state index contributed by atoms with van der Waals surface area (Å²) in [6, 6.07) is 9.85. The lowest BCUT2D eigenvalue weighted by Gasteiger charge is -2.19. The van der Waals surface area contributed by atoms with Crippen molar-refractivity contribution in [3.8, 4) is 0 Å². The molecule has 0 saturated carbocycles. The molecular weight excluding hydrogens is 250 g/mol. The quantitative estimate of drug-likeness (QED) is 0.877. The van der Waals surface area contributed by atoms with Crippen molar-refractivity contribution in [3.05, 3.63) is 54.1 Å². The van der Waals surface area contributed by atoms with E-state index in [-0.39, 0.29) is 0 Å². The highest BCUT2D eigenvalue weighted by molar-refractivity contribution is 5.43. The lowest BCUT2D eigenvalue weighted by Crippen LogP contribution is -2.20. The van der Waals surface area contributed by atoms with Crippen molar-refractivity contribution in [2.45, 2.75) is 25.9 Å². The second kappa shape index (κ2) is 7.01. The van der Waals surface area contributed by atoms with Crippen LogP contribution in [-0.2, 0) is 6.42 Å². The number of hydrogen-bond donors (Lipinski definition) is 1. The topological polar surface area (TPSA) is 49.2 Å². The second-order valence-electron chi connectivity index (χ2n) is 4.86. The molecule has 2 heterocycles. The third-order valence-electron chi connectivity index (χ3n) is 3.37. The van der Waals surface area contributed by atoms with Crippen molar-refractivity contribution in [1.29, 1.82) is 0 Å². The Balaban J connectivity index is 1.94. The van der Waals surface area contributed by atoms with E-state index in [1.165, 1.54) is 0 Å². The molecule has 4 nitrogen and oxygen atoms in total. The number of aromatic nitrogens is 2. The minimum absolute atomic E-state index is 0.470. The van der Waals surface area contributed by atoms with Gasteiger partial charge in [-0.25, -0.2) is 0 Å². The molecular formula is C16H21N3O. The van der Waals surface area contributed by atoms with Gasteiger partial charge >= 0.3 is 0 Å². The first-order valence-electron chi connectivity index (χ1n) is 6.95. The maximum atomic E-state index is 9.73. The van der Waals surface area contributed by atoms with Crippen LogP contribution in [0.25, 0.3) is 0 Å². The molecule has 0 spiro atoms. The Morgan fingerprint density at radius 3 is 2.65 bits per heavy atom. The van der Waals surface area contributed by atoms with Gasteiger partial charge in [0, 0.05) is 31.9 Å². The Morgan fingerprint density at radius 1 is 1.20 bits per heavy atom. The predicted octanol–water partition coefficient (Wildman–Crippen LogP) is 2.60. The summed E-state index contributed by atoms with van der Waals surface area (Å²) in [7, 11) is 2.04. The van der Waals surface area contributed by atoms with Crippen LogP contribution in [0.15, 0.2) is 42.7 Å². The van der Waals surface area contributed by atoms with Crippen molar-refractivity contribution >= 4 is 5.69 Å². The summed E-state index contributed by atoms with van der Waals surface area (Å²) in [4.78, 5) is 10.8. The molecule has 2 rings (SSSR count). The summed E-state index contributed by atoms with van der Waals surface area (Å²) in [6.45, 7) is 2.83. The van der Waals surface area contributed by atoms with Gasteiger partial charge in [0.25, 0.3) is 0 Å². The van der Waals surface area contributed by atoms with Crippen LogP contribution in [-0.4, -0.2) is 28.7 Å². The first kappa shape index (κ1) is 14.5. The van der Waals surface area contributed by atoms with Crippen LogP contribution < -0.4 is 4.90 Å². The zero-order valence-electron chi connectivity index (χ0n) is 12.0. The number of anilines is 1. The molecule has 0 radical (unpaired) electrons. The Hall–Kier alpha value is -1.94. The highest BCUT2D eigenvalue weighted by Crippen LogP contribution is 2.17. The highest BCUT2D eigenvalue weighted by Gasteiger charge is 2.07. The molecule has 0 saturated heterocycles. The molecule has 0 aliphatic rings. The van der Waals surface area contributed by atoms with Crippen LogP contribution in [0.4, 0.5) is 5.69 Å². The van der Waals surface area contributed by atoms with E-state index >= 15 is 0 Å². The zero-order chi connectivity index (χ0) is 14.4. The van der Waals surface area contributed by atoms with E-state index in [0.717, 1.165) is 30.0 Å². The zero-order valence-corrected chi connectivity index (χ0v) is 12.0. The van der Waals surface area contributed by atoms with Crippen LogP contribution in [0.2, 0.25) is 0 Å². The molecule has 1 atom stereocenters. The minimum Gasteiger partial charge on any atom is -0.387 e. The summed E-state index contributed by atoms with van der Waals surface area (Å²) < 4.78 is 0. The smallest absolute Gasteiger partial charge is 0.0957 e. The molecule has 20 heavy (non-hydrogen) atoms. The number of likely N-dealkylation sites (N-methyl/N-ethyl adjacent to an activating group) is 1. The van der Waals surface area contributed by atoms with E-state index in [4.69, 9.17) is 0 Å². The maximum Gasteiger partial charge on any atom is 0.0957 e. The molecule has 2 aromatic rings. The van der Waals surface area contributed by atoms with Crippen molar-refractivity contribution in [3.63, 3.8) is 0 Å². The van der Waals surface area contributed by atoms with Gasteiger partial charge in [-0.3, -0.25) is 9.97 Å². The summed E-state index contributed by atoms with van der Waals surface area (Å²) in [5.41, 5.74) is 2.87. The van der Waals surface area contributed by atoms with Gasteiger partial charge in [0.2, 0.25) is 0 Å². The summed E-state index contributed by atoms with van der Waals surface area (Å²) in [6.07, 6.45) is 4.74. The number of hydrogen-bond acceptors (Lipinski definition) is 4. The van der Waals surface area contributed by atoms with Gasteiger partial charge in [0.15, 0.2) is 0 Å². The first-order chi connectivity index (χ1) is 9.70. The van der Waals surface area contributed by atoms with Gasteiger partial charge in [-0.15, -0.1) is 0 Å². The Labute approximate surface area is 120 Å². The van der Waals surface area contributed by atoms with Crippen molar-refractivity contribution < 1.29 is 5.11 Å². The minimum atomic E-state index is -0.470. The normalized spacial score (nSPS) is 12.2. The van der Waals surface area contributed by atoms with Crippen LogP contribution in [0, 0.1) is 0 Å². The van der Waals surface area contributed by atoms with Gasteiger partial charge in [-0.05, 0) is 30.7 Å². The monoisotopic (exact) mass is 271 g/mol. The van der Waals surface area contributed by atoms with E-state index in [0.29, 0.717) is 6.42 Å². The van der Waals surface area contributed by atoms with E-state index in [1.54, 1.807) is 0 Å². The third kappa shape index (κ3) is 3.78. The first-order valence-corrected chi connectivity index (χ1v) is 6.95. The third-order valence-corrected chi connectivity index (χ3v) is 3.37. The number of nitrogens with zero attached hydrogens (tertiary/aromatic N) is 3. The van der Waals surface area contributed by atoms with E-state index in [9.17, 15) is 5.11 Å². The SMILES string of the molecule is CC[C@H](O)c1ccc(N(C)CCc2ccccn2)cn1. The largest absolute Gasteiger partial charge is 0.387 e. The molecule has 0 amide bonds. The van der Waals surface area contributed by atoms with Crippen LogP contribution >= 0.6 is 0 Å². The van der Waals surface area contributed by atoms with Crippen LogP contribution in [0.1, 0.15) is 30.8 Å². The summed E-state index contributed by atoms with van der Waals surface area (Å²) in [5, 5.41) is 9.73. The van der Waals surface area contributed by atoms with Gasteiger partial charge < -0.3 is 10.0 Å². The summed E-state index contributed by atoms with van der Waals surface area (Å²) in [5.74, 6) is 0. The number of aliphatic hydroxyl groups excluding tert-OH is 1. The van der Waals surface area contributed by atoms with E-state index in [1.807, 2.05) is 56.7 Å². The Morgan fingerprint density at radius 2 is 2.05 bits per heavy atom. The standard InChI is InChI=1S/C16H21N3O/c1-3-16(20)15-8-7-14(12-18-15)19(2)11-9-13-6-4-5-10-17-13/h4-8,10,12,16,20H,3,9,11H2,1-2H3/t16-/m0/s1. The lowest BCUT2D eigenvalue weighted by atomic mass is 10.2. The average Bonchev–Trinajstić information content (AvgIpc) is 2.53. The van der Waals surface area contributed by atoms with E-state index in [2.05, 4.69) is 14.9 Å². The molecule has 1 N–H and O–H groups in total. The molecule has 0 fully saturated rings. The molecule has 0 aromatic carbocycles. The van der Waals surface area contributed by atoms with Gasteiger partial charge in [0.1, 0.15) is 0 Å².